The molecule has 0 aliphatic carbocycles. The van der Waals surface area contributed by atoms with Crippen LogP contribution in [0.15, 0.2) is 54.7 Å². The van der Waals surface area contributed by atoms with Gasteiger partial charge in [0, 0.05) is 22.8 Å². The molecule has 2 aromatic carbocycles. The van der Waals surface area contributed by atoms with Crippen molar-refractivity contribution in [3.63, 3.8) is 0 Å². The number of carbonyl (C=O) groups excluding carboxylic acids is 3. The van der Waals surface area contributed by atoms with Crippen LogP contribution in [-0.2, 0) is 4.79 Å². The van der Waals surface area contributed by atoms with Crippen molar-refractivity contribution >= 4 is 51.5 Å². The highest BCUT2D eigenvalue weighted by Gasteiger charge is 2.37. The molecular formula is C28H30N6O3S. The van der Waals surface area contributed by atoms with Crippen molar-refractivity contribution in [3.8, 4) is 0 Å². The third kappa shape index (κ3) is 5.50. The Morgan fingerprint density at radius 2 is 1.71 bits per heavy atom. The predicted molar refractivity (Wildman–Crippen MR) is 150 cm³/mol. The second-order valence-electron chi connectivity index (χ2n) is 10.3. The number of anilines is 2. The molecule has 0 aliphatic heterocycles. The van der Waals surface area contributed by atoms with Crippen molar-refractivity contribution < 1.29 is 14.4 Å². The lowest BCUT2D eigenvalue weighted by Gasteiger charge is -2.34. The number of aromatic nitrogens is 2. The van der Waals surface area contributed by atoms with Crippen LogP contribution >= 0.6 is 11.5 Å². The molecule has 38 heavy (non-hydrogen) atoms. The Balaban J connectivity index is 1.98. The van der Waals surface area contributed by atoms with E-state index in [0.29, 0.717) is 11.3 Å². The van der Waals surface area contributed by atoms with Gasteiger partial charge >= 0.3 is 0 Å². The number of fused-ring (bicyclic) bond motifs is 1. The van der Waals surface area contributed by atoms with Crippen LogP contribution in [0.2, 0.25) is 0 Å². The molecule has 10 heteroatoms. The number of hydrogen-bond donors (Lipinski definition) is 3. The van der Waals surface area contributed by atoms with Crippen molar-refractivity contribution in [2.45, 2.75) is 46.2 Å². The zero-order chi connectivity index (χ0) is 27.8. The number of nitrogens with two attached hydrogens (primary N) is 2. The fourth-order valence-corrected chi connectivity index (χ4v) is 5.07. The molecule has 0 fully saturated rings. The van der Waals surface area contributed by atoms with E-state index in [9.17, 15) is 14.4 Å². The molecule has 2 heterocycles. The minimum absolute atomic E-state index is 0.0222. The van der Waals surface area contributed by atoms with E-state index >= 15 is 0 Å². The van der Waals surface area contributed by atoms with E-state index in [2.05, 4.69) is 14.7 Å². The summed E-state index contributed by atoms with van der Waals surface area (Å²) in [6.07, 6.45) is 1.69. The zero-order valence-corrected chi connectivity index (χ0v) is 22.7. The first-order valence-electron chi connectivity index (χ1n) is 12.0. The maximum absolute atomic E-state index is 14.2. The van der Waals surface area contributed by atoms with Gasteiger partial charge < -0.3 is 16.8 Å². The quantitative estimate of drug-likeness (QED) is 0.339. The van der Waals surface area contributed by atoms with Crippen LogP contribution in [0, 0.1) is 13.8 Å². The van der Waals surface area contributed by atoms with E-state index in [4.69, 9.17) is 11.5 Å². The van der Waals surface area contributed by atoms with Gasteiger partial charge in [-0.25, -0.2) is 0 Å². The van der Waals surface area contributed by atoms with Crippen LogP contribution in [0.3, 0.4) is 0 Å². The molecule has 2 aromatic heterocycles. The van der Waals surface area contributed by atoms with Crippen LogP contribution in [0.4, 0.5) is 11.4 Å². The second-order valence-corrected chi connectivity index (χ2v) is 11.0. The molecule has 5 N–H and O–H groups in total. The lowest BCUT2D eigenvalue weighted by Crippen LogP contribution is -2.49. The number of aryl methyl sites for hydroxylation is 2. The SMILES string of the molecule is Cc1cc(C)cc(N(C(=O)c2snc(C(N)=O)c2N)[C@H](C(=O)NC(C)(C)C)c2ccc3ncccc3c2)c1. The number of carbonyl (C=O) groups is 3. The Morgan fingerprint density at radius 1 is 1.03 bits per heavy atom. The van der Waals surface area contributed by atoms with Crippen molar-refractivity contribution in [1.29, 1.82) is 0 Å². The van der Waals surface area contributed by atoms with Crippen LogP contribution in [0.1, 0.15) is 63.7 Å². The third-order valence-corrected chi connectivity index (χ3v) is 6.66. The topological polar surface area (TPSA) is 144 Å². The molecule has 0 saturated carbocycles. The Kier molecular flexibility index (Phi) is 7.19. The fourth-order valence-electron chi connectivity index (χ4n) is 4.33. The monoisotopic (exact) mass is 530 g/mol. The Hall–Kier alpha value is -4.31. The number of nitrogens with one attached hydrogen (secondary N) is 1. The Labute approximate surface area is 225 Å². The summed E-state index contributed by atoms with van der Waals surface area (Å²) in [7, 11) is 0. The molecule has 0 spiro atoms. The van der Waals surface area contributed by atoms with Crippen LogP contribution in [0.25, 0.3) is 10.9 Å². The van der Waals surface area contributed by atoms with Crippen LogP contribution < -0.4 is 21.7 Å². The first-order valence-corrected chi connectivity index (χ1v) is 12.8. The lowest BCUT2D eigenvalue weighted by atomic mass is 9.98. The summed E-state index contributed by atoms with van der Waals surface area (Å²) in [5.74, 6) is -1.79. The second kappa shape index (κ2) is 10.2. The number of nitrogens with zero attached hydrogens (tertiary/aromatic N) is 3. The van der Waals surface area contributed by atoms with E-state index in [1.807, 2.05) is 77.1 Å². The molecule has 0 aliphatic rings. The predicted octanol–water partition coefficient (Wildman–Crippen LogP) is 4.29. The zero-order valence-electron chi connectivity index (χ0n) is 21.9. The number of primary amides is 1. The van der Waals surface area contributed by atoms with Gasteiger partial charge in [0.1, 0.15) is 10.9 Å². The van der Waals surface area contributed by atoms with Crippen molar-refractivity contribution in [1.82, 2.24) is 14.7 Å². The molecule has 0 bridgehead atoms. The van der Waals surface area contributed by atoms with E-state index in [1.54, 1.807) is 12.3 Å². The standard InChI is InChI=1S/C28H30N6O3S/c1-15-11-16(2)13-19(12-15)34(27(37)24-21(29)22(25(30)35)33-38-24)23(26(36)32-28(3,4)5)18-8-9-20-17(14-18)7-6-10-31-20/h6-14,23H,29H2,1-5H3,(H2,30,35)(H,32,36)/t23-/m0/s1. The molecule has 0 radical (unpaired) electrons. The highest BCUT2D eigenvalue weighted by molar-refractivity contribution is 7.09. The molecule has 0 saturated heterocycles. The first kappa shape index (κ1) is 26.7. The summed E-state index contributed by atoms with van der Waals surface area (Å²) in [6, 6.07) is 13.7. The van der Waals surface area contributed by atoms with Gasteiger partial charge in [-0.15, -0.1) is 0 Å². The number of benzene rings is 2. The normalized spacial score (nSPS) is 12.2. The average Bonchev–Trinajstić information content (AvgIpc) is 3.21. The largest absolute Gasteiger partial charge is 0.395 e. The molecule has 4 rings (SSSR count). The summed E-state index contributed by atoms with van der Waals surface area (Å²) in [5, 5.41) is 3.84. The Morgan fingerprint density at radius 3 is 2.32 bits per heavy atom. The van der Waals surface area contributed by atoms with E-state index in [0.717, 1.165) is 33.6 Å². The highest BCUT2D eigenvalue weighted by Crippen LogP contribution is 2.35. The summed E-state index contributed by atoms with van der Waals surface area (Å²) in [5.41, 5.74) is 14.4. The summed E-state index contributed by atoms with van der Waals surface area (Å²) in [4.78, 5) is 45.9. The summed E-state index contributed by atoms with van der Waals surface area (Å²) in [6.45, 7) is 9.44. The third-order valence-electron chi connectivity index (χ3n) is 5.81. The van der Waals surface area contributed by atoms with Gasteiger partial charge in [0.25, 0.3) is 11.8 Å². The number of amides is 3. The Bertz CT molecular complexity index is 1540. The number of rotatable bonds is 6. The van der Waals surface area contributed by atoms with Crippen molar-refractivity contribution in [2.24, 2.45) is 5.73 Å². The minimum Gasteiger partial charge on any atom is -0.395 e. The molecule has 4 aromatic rings. The van der Waals surface area contributed by atoms with Gasteiger partial charge in [-0.1, -0.05) is 18.2 Å². The van der Waals surface area contributed by atoms with Gasteiger partial charge in [-0.05, 0) is 93.2 Å². The molecule has 9 nitrogen and oxygen atoms in total. The van der Waals surface area contributed by atoms with E-state index in [-0.39, 0.29) is 22.2 Å². The molecule has 1 atom stereocenters. The number of pyridine rings is 1. The fraction of sp³-hybridized carbons (Fsp3) is 0.250. The average molecular weight is 531 g/mol. The van der Waals surface area contributed by atoms with Gasteiger partial charge in [0.15, 0.2) is 5.69 Å². The summed E-state index contributed by atoms with van der Waals surface area (Å²) >= 11 is 0.775. The number of nitrogen functional groups attached to an aromatic ring is 1. The minimum atomic E-state index is -1.08. The van der Waals surface area contributed by atoms with Crippen LogP contribution in [-0.4, -0.2) is 32.6 Å². The van der Waals surface area contributed by atoms with Crippen molar-refractivity contribution in [2.75, 3.05) is 10.6 Å². The van der Waals surface area contributed by atoms with Gasteiger partial charge in [0.05, 0.1) is 11.2 Å². The van der Waals surface area contributed by atoms with Gasteiger partial charge in [-0.3, -0.25) is 24.3 Å². The highest BCUT2D eigenvalue weighted by atomic mass is 32.1. The van der Waals surface area contributed by atoms with Crippen molar-refractivity contribution in [3.05, 3.63) is 82.0 Å². The lowest BCUT2D eigenvalue weighted by molar-refractivity contribution is -0.123. The maximum atomic E-state index is 14.2. The van der Waals surface area contributed by atoms with Gasteiger partial charge in [-0.2, -0.15) is 4.37 Å². The maximum Gasteiger partial charge on any atom is 0.273 e. The first-order chi connectivity index (χ1) is 17.9. The molecule has 3 amide bonds. The smallest absolute Gasteiger partial charge is 0.273 e. The van der Waals surface area contributed by atoms with Gasteiger partial charge in [0.2, 0.25) is 5.91 Å². The molecule has 0 unspecified atom stereocenters. The molecular weight excluding hydrogens is 500 g/mol. The van der Waals surface area contributed by atoms with Crippen LogP contribution in [0.5, 0.6) is 0 Å². The van der Waals surface area contributed by atoms with E-state index < -0.39 is 23.4 Å². The molecule has 196 valence electrons. The van der Waals surface area contributed by atoms with E-state index in [1.165, 1.54) is 4.90 Å². The summed E-state index contributed by atoms with van der Waals surface area (Å²) < 4.78 is 4.01. The number of hydrogen-bond acceptors (Lipinski definition) is 7.